The van der Waals surface area contributed by atoms with Crippen LogP contribution in [-0.4, -0.2) is 0 Å². The lowest BCUT2D eigenvalue weighted by Gasteiger charge is -2.03. The van der Waals surface area contributed by atoms with E-state index in [1.54, 1.807) is 12.1 Å². The minimum absolute atomic E-state index is 0.108. The number of aryl methyl sites for hydroxylation is 2. The molecule has 0 atom stereocenters. The molecule has 0 aliphatic carbocycles. The van der Waals surface area contributed by atoms with E-state index in [0.29, 0.717) is 0 Å². The Morgan fingerprint density at radius 2 is 1.12 bits per heavy atom. The van der Waals surface area contributed by atoms with Gasteiger partial charge in [-0.2, -0.15) is 0 Å². The van der Waals surface area contributed by atoms with Crippen molar-refractivity contribution in [3.05, 3.63) is 33.9 Å². The molecule has 0 spiro atoms. The van der Waals surface area contributed by atoms with Gasteiger partial charge in [-0.05, 0) is 12.8 Å². The molecule has 2 rings (SSSR count). The largest absolute Gasteiger partial charge is 0.466 e. The Morgan fingerprint density at radius 3 is 1.59 bits per heavy atom. The highest BCUT2D eigenvalue weighted by Crippen LogP contribution is 2.15. The lowest BCUT2D eigenvalue weighted by Crippen LogP contribution is -2.03. The van der Waals surface area contributed by atoms with Gasteiger partial charge in [0.15, 0.2) is 5.43 Å². The first-order valence-corrected chi connectivity index (χ1v) is 6.97. The zero-order valence-electron chi connectivity index (χ0n) is 10.5. The maximum Gasteiger partial charge on any atom is 0.185 e. The Labute approximate surface area is 103 Å². The van der Waals surface area contributed by atoms with E-state index in [9.17, 15) is 4.79 Å². The molecular weight excluding hydrogens is 212 g/mol. The van der Waals surface area contributed by atoms with E-state index in [-0.39, 0.29) is 5.43 Å². The summed E-state index contributed by atoms with van der Waals surface area (Å²) in [5.74, 6) is 1.76. The summed E-state index contributed by atoms with van der Waals surface area (Å²) in [5.41, 5.74) is 0.108. The summed E-state index contributed by atoms with van der Waals surface area (Å²) >= 11 is 0. The summed E-state index contributed by atoms with van der Waals surface area (Å²) < 4.78 is 5.77. The van der Waals surface area contributed by atoms with Crippen molar-refractivity contribution in [1.29, 1.82) is 0 Å². The van der Waals surface area contributed by atoms with Crippen LogP contribution in [0.15, 0.2) is 21.3 Å². The predicted molar refractivity (Wildman–Crippen MR) is 69.3 cm³/mol. The fraction of sp³-hybridized carbons (Fsp3) is 0.667. The molecule has 0 saturated carbocycles. The van der Waals surface area contributed by atoms with Gasteiger partial charge >= 0.3 is 0 Å². The summed E-state index contributed by atoms with van der Waals surface area (Å²) in [6.45, 7) is 0. The van der Waals surface area contributed by atoms with Gasteiger partial charge in [-0.25, -0.2) is 0 Å². The van der Waals surface area contributed by atoms with Crippen LogP contribution in [-0.2, 0) is 12.8 Å². The quantitative estimate of drug-likeness (QED) is 0.682. The Bertz CT molecular complexity index is 359. The maximum absolute atomic E-state index is 11.5. The van der Waals surface area contributed by atoms with Crippen LogP contribution >= 0.6 is 0 Å². The minimum Gasteiger partial charge on any atom is -0.466 e. The third-order valence-electron chi connectivity index (χ3n) is 3.47. The molecule has 0 unspecified atom stereocenters. The van der Waals surface area contributed by atoms with E-state index in [2.05, 4.69) is 0 Å². The highest BCUT2D eigenvalue weighted by Gasteiger charge is 2.04. The monoisotopic (exact) mass is 234 g/mol. The minimum atomic E-state index is 0.108. The third-order valence-corrected chi connectivity index (χ3v) is 3.47. The van der Waals surface area contributed by atoms with Crippen molar-refractivity contribution in [3.8, 4) is 0 Å². The van der Waals surface area contributed by atoms with Gasteiger partial charge in [-0.1, -0.05) is 38.5 Å². The standard InChI is InChI=1S/C15H22O2/c16-13-11-14-9-7-5-3-1-2-4-6-8-10-15(12-13)17-14/h11-12H,1-10H2. The van der Waals surface area contributed by atoms with E-state index in [0.717, 1.165) is 37.2 Å². The lowest BCUT2D eigenvalue weighted by atomic mass is 10.1. The second-order valence-electron chi connectivity index (χ2n) is 5.05. The van der Waals surface area contributed by atoms with Crippen molar-refractivity contribution >= 4 is 0 Å². The third kappa shape index (κ3) is 4.37. The highest BCUT2D eigenvalue weighted by molar-refractivity contribution is 5.07. The molecular formula is C15H22O2. The van der Waals surface area contributed by atoms with Gasteiger partial charge in [0.2, 0.25) is 0 Å². The van der Waals surface area contributed by atoms with Crippen molar-refractivity contribution in [3.63, 3.8) is 0 Å². The van der Waals surface area contributed by atoms with Crippen molar-refractivity contribution in [2.45, 2.75) is 64.2 Å². The van der Waals surface area contributed by atoms with Crippen LogP contribution in [0, 0.1) is 0 Å². The molecule has 0 amide bonds. The second-order valence-corrected chi connectivity index (χ2v) is 5.05. The predicted octanol–water partition coefficient (Wildman–Crippen LogP) is 3.86. The Balaban J connectivity index is 2.06. The average molecular weight is 234 g/mol. The van der Waals surface area contributed by atoms with Gasteiger partial charge in [0.1, 0.15) is 11.5 Å². The van der Waals surface area contributed by atoms with Crippen molar-refractivity contribution in [2.24, 2.45) is 0 Å². The first kappa shape index (κ1) is 12.4. The number of hydrogen-bond acceptors (Lipinski definition) is 2. The molecule has 2 heterocycles. The van der Waals surface area contributed by atoms with Crippen LogP contribution in [0.2, 0.25) is 0 Å². The molecule has 2 bridgehead atoms. The number of hydrogen-bond donors (Lipinski definition) is 0. The SMILES string of the molecule is O=c1cc2oc(c1)CCCCCCCCCC2. The van der Waals surface area contributed by atoms with Crippen LogP contribution in [0.4, 0.5) is 0 Å². The molecule has 0 saturated heterocycles. The van der Waals surface area contributed by atoms with Crippen LogP contribution in [0.5, 0.6) is 0 Å². The van der Waals surface area contributed by atoms with E-state index >= 15 is 0 Å². The van der Waals surface area contributed by atoms with E-state index in [1.807, 2.05) is 0 Å². The Hall–Kier alpha value is -1.05. The molecule has 1 aromatic rings. The number of rotatable bonds is 0. The van der Waals surface area contributed by atoms with Gasteiger partial charge in [0.05, 0.1) is 0 Å². The molecule has 2 nitrogen and oxygen atoms in total. The molecule has 1 aliphatic rings. The van der Waals surface area contributed by atoms with Crippen LogP contribution in [0.25, 0.3) is 0 Å². The summed E-state index contributed by atoms with van der Waals surface area (Å²) in [4.78, 5) is 11.5. The summed E-state index contributed by atoms with van der Waals surface area (Å²) in [6.07, 6.45) is 12.0. The molecule has 1 aromatic heterocycles. The molecule has 0 fully saturated rings. The molecule has 0 N–H and O–H groups in total. The zero-order chi connectivity index (χ0) is 11.9. The average Bonchev–Trinajstić information content (AvgIpc) is 2.31. The van der Waals surface area contributed by atoms with Gasteiger partial charge in [0.25, 0.3) is 0 Å². The van der Waals surface area contributed by atoms with Gasteiger partial charge < -0.3 is 4.42 Å². The van der Waals surface area contributed by atoms with E-state index in [4.69, 9.17) is 4.42 Å². The van der Waals surface area contributed by atoms with E-state index < -0.39 is 0 Å². The fourth-order valence-corrected chi connectivity index (χ4v) is 2.49. The molecule has 1 aliphatic heterocycles. The summed E-state index contributed by atoms with van der Waals surface area (Å²) in [5, 5.41) is 0. The Kier molecular flexibility index (Phi) is 4.84. The maximum atomic E-state index is 11.5. The fourth-order valence-electron chi connectivity index (χ4n) is 2.49. The molecule has 17 heavy (non-hydrogen) atoms. The topological polar surface area (TPSA) is 30.2 Å². The summed E-state index contributed by atoms with van der Waals surface area (Å²) in [6, 6.07) is 3.31. The van der Waals surface area contributed by atoms with Gasteiger partial charge in [-0.3, -0.25) is 4.79 Å². The van der Waals surface area contributed by atoms with E-state index in [1.165, 1.54) is 38.5 Å². The van der Waals surface area contributed by atoms with Crippen molar-refractivity contribution in [1.82, 2.24) is 0 Å². The first-order chi connectivity index (χ1) is 8.34. The lowest BCUT2D eigenvalue weighted by molar-refractivity contribution is 0.432. The van der Waals surface area contributed by atoms with Crippen LogP contribution in [0.1, 0.15) is 62.9 Å². The normalized spacial score (nSPS) is 18.8. The first-order valence-electron chi connectivity index (χ1n) is 6.97. The van der Waals surface area contributed by atoms with Crippen LogP contribution < -0.4 is 5.43 Å². The van der Waals surface area contributed by atoms with Gasteiger partial charge in [-0.15, -0.1) is 0 Å². The Morgan fingerprint density at radius 1 is 0.706 bits per heavy atom. The molecule has 0 radical (unpaired) electrons. The smallest absolute Gasteiger partial charge is 0.185 e. The van der Waals surface area contributed by atoms with Crippen LogP contribution in [0.3, 0.4) is 0 Å². The molecule has 2 heteroatoms. The number of fused-ring (bicyclic) bond motifs is 2. The zero-order valence-corrected chi connectivity index (χ0v) is 10.5. The van der Waals surface area contributed by atoms with Crippen molar-refractivity contribution < 1.29 is 4.42 Å². The molecule has 94 valence electrons. The van der Waals surface area contributed by atoms with Crippen molar-refractivity contribution in [2.75, 3.05) is 0 Å². The highest BCUT2D eigenvalue weighted by atomic mass is 16.3. The summed E-state index contributed by atoms with van der Waals surface area (Å²) in [7, 11) is 0. The van der Waals surface area contributed by atoms with Gasteiger partial charge in [0, 0.05) is 25.0 Å². The second kappa shape index (κ2) is 6.63. The molecule has 0 aromatic carbocycles.